The third-order valence-corrected chi connectivity index (χ3v) is 6.29. The van der Waals surface area contributed by atoms with Crippen molar-refractivity contribution in [2.45, 2.75) is 9.79 Å². The molecular formula is C20H12N2O7S2-2. The summed E-state index contributed by atoms with van der Waals surface area (Å²) in [5.41, 5.74) is 0.0643. The van der Waals surface area contributed by atoms with Crippen molar-refractivity contribution in [2.75, 3.05) is 0 Å². The summed E-state index contributed by atoms with van der Waals surface area (Å²) in [7, 11) is -9.98. The smallest absolute Gasteiger partial charge is 0.161 e. The average Bonchev–Trinajstić information content (AvgIpc) is 2.71. The number of hydrogen-bond acceptors (Lipinski definition) is 9. The Bertz CT molecular complexity index is 1590. The van der Waals surface area contributed by atoms with Crippen LogP contribution in [0, 0.1) is 0 Å². The van der Waals surface area contributed by atoms with E-state index in [-0.39, 0.29) is 16.5 Å². The van der Waals surface area contributed by atoms with Crippen LogP contribution in [0.15, 0.2) is 86.7 Å². The van der Waals surface area contributed by atoms with Gasteiger partial charge < -0.3 is 14.2 Å². The largest absolute Gasteiger partial charge is 0.744 e. The molecule has 0 atom stereocenters. The molecule has 1 N–H and O–H groups in total. The molecule has 0 heterocycles. The fourth-order valence-corrected chi connectivity index (χ4v) is 4.29. The fraction of sp³-hybridized carbons (Fsp3) is 0. The van der Waals surface area contributed by atoms with Crippen LogP contribution in [-0.2, 0) is 20.2 Å². The van der Waals surface area contributed by atoms with E-state index in [2.05, 4.69) is 10.2 Å². The monoisotopic (exact) mass is 456 g/mol. The van der Waals surface area contributed by atoms with Gasteiger partial charge in [0.2, 0.25) is 0 Å². The number of hydrogen-bond donors (Lipinski definition) is 1. The van der Waals surface area contributed by atoms with Gasteiger partial charge in [0.25, 0.3) is 0 Å². The van der Waals surface area contributed by atoms with Crippen LogP contribution in [0.1, 0.15) is 0 Å². The molecule has 158 valence electrons. The number of nitrogens with zero attached hydrogens (tertiary/aromatic N) is 2. The number of aromatic hydroxyl groups is 1. The lowest BCUT2D eigenvalue weighted by Gasteiger charge is -2.14. The van der Waals surface area contributed by atoms with Crippen molar-refractivity contribution < 1.29 is 31.0 Å². The second kappa shape index (κ2) is 7.39. The van der Waals surface area contributed by atoms with Crippen LogP contribution < -0.4 is 0 Å². The molecule has 4 aromatic carbocycles. The normalized spacial score (nSPS) is 12.7. The van der Waals surface area contributed by atoms with Crippen molar-refractivity contribution in [1.82, 2.24) is 0 Å². The zero-order valence-corrected chi connectivity index (χ0v) is 17.1. The maximum absolute atomic E-state index is 11.6. The standard InChI is InChI=1S/C20H14N2O7S2/c23-20-18(31(27,28)29)11-13-10-14(30(24,25)26)8-9-16(13)19(20)22-21-17-7-3-5-12-4-1-2-6-15(12)17/h1-11,23H,(H,24,25,26)(H,27,28,29)/p-2. The molecular weight excluding hydrogens is 444 g/mol. The van der Waals surface area contributed by atoms with Gasteiger partial charge in [-0.3, -0.25) is 0 Å². The van der Waals surface area contributed by atoms with Crippen molar-refractivity contribution in [2.24, 2.45) is 10.2 Å². The summed E-state index contributed by atoms with van der Waals surface area (Å²) < 4.78 is 68.8. The van der Waals surface area contributed by atoms with E-state index in [0.29, 0.717) is 5.69 Å². The molecule has 0 aliphatic heterocycles. The number of rotatable bonds is 4. The van der Waals surface area contributed by atoms with Crippen molar-refractivity contribution >= 4 is 53.2 Å². The molecule has 9 nitrogen and oxygen atoms in total. The highest BCUT2D eigenvalue weighted by Gasteiger charge is 2.18. The highest BCUT2D eigenvalue weighted by molar-refractivity contribution is 7.86. The highest BCUT2D eigenvalue weighted by atomic mass is 32.2. The van der Waals surface area contributed by atoms with E-state index < -0.39 is 35.8 Å². The van der Waals surface area contributed by atoms with E-state index >= 15 is 0 Å². The van der Waals surface area contributed by atoms with Gasteiger partial charge in [0.15, 0.2) is 5.75 Å². The molecule has 0 amide bonds. The highest BCUT2D eigenvalue weighted by Crippen LogP contribution is 2.42. The number of azo groups is 1. The lowest BCUT2D eigenvalue weighted by Crippen LogP contribution is -2.01. The van der Waals surface area contributed by atoms with E-state index in [4.69, 9.17) is 0 Å². The summed E-state index contributed by atoms with van der Waals surface area (Å²) in [5.74, 6) is -0.927. The Balaban J connectivity index is 1.99. The summed E-state index contributed by atoms with van der Waals surface area (Å²) in [6.07, 6.45) is 0. The average molecular weight is 456 g/mol. The molecule has 0 fully saturated rings. The lowest BCUT2D eigenvalue weighted by molar-refractivity contribution is 0.436. The van der Waals surface area contributed by atoms with Gasteiger partial charge in [-0.2, -0.15) is 0 Å². The van der Waals surface area contributed by atoms with E-state index in [0.717, 1.165) is 29.0 Å². The molecule has 0 saturated heterocycles. The molecule has 0 saturated carbocycles. The van der Waals surface area contributed by atoms with E-state index in [1.807, 2.05) is 18.2 Å². The third kappa shape index (κ3) is 3.99. The van der Waals surface area contributed by atoms with Gasteiger partial charge in [-0.05, 0) is 35.0 Å². The minimum Gasteiger partial charge on any atom is -0.744 e. The van der Waals surface area contributed by atoms with E-state index in [1.165, 1.54) is 6.07 Å². The molecule has 4 rings (SSSR count). The van der Waals surface area contributed by atoms with Crippen LogP contribution in [0.3, 0.4) is 0 Å². The van der Waals surface area contributed by atoms with Gasteiger partial charge in [-0.15, -0.1) is 10.2 Å². The molecule has 0 aliphatic carbocycles. The van der Waals surface area contributed by atoms with Crippen LogP contribution in [0.25, 0.3) is 21.5 Å². The molecule has 0 bridgehead atoms. The van der Waals surface area contributed by atoms with Gasteiger partial charge in [0, 0.05) is 10.8 Å². The summed E-state index contributed by atoms with van der Waals surface area (Å²) >= 11 is 0. The van der Waals surface area contributed by atoms with Crippen molar-refractivity contribution in [3.8, 4) is 5.75 Å². The number of fused-ring (bicyclic) bond motifs is 2. The molecule has 0 radical (unpaired) electrons. The molecule has 4 aromatic rings. The van der Waals surface area contributed by atoms with Gasteiger partial charge in [-0.25, -0.2) is 16.8 Å². The van der Waals surface area contributed by atoms with Gasteiger partial charge >= 0.3 is 0 Å². The fourth-order valence-electron chi connectivity index (χ4n) is 3.18. The number of phenolic OH excluding ortho intramolecular Hbond substituents is 1. The van der Waals surface area contributed by atoms with E-state index in [1.54, 1.807) is 24.3 Å². The molecule has 0 unspecified atom stereocenters. The van der Waals surface area contributed by atoms with Crippen molar-refractivity contribution in [3.05, 3.63) is 66.7 Å². The van der Waals surface area contributed by atoms with Crippen LogP contribution in [0.4, 0.5) is 11.4 Å². The van der Waals surface area contributed by atoms with Gasteiger partial charge in [-0.1, -0.05) is 42.5 Å². The Labute approximate surface area is 176 Å². The Kier molecular flexibility index (Phi) is 4.98. The van der Waals surface area contributed by atoms with Crippen LogP contribution >= 0.6 is 0 Å². The summed E-state index contributed by atoms with van der Waals surface area (Å²) in [6, 6.07) is 16.4. The first-order chi connectivity index (χ1) is 14.6. The van der Waals surface area contributed by atoms with E-state index in [9.17, 15) is 31.0 Å². The number of phenols is 1. The summed E-state index contributed by atoms with van der Waals surface area (Å²) in [4.78, 5) is -1.64. The van der Waals surface area contributed by atoms with Crippen molar-refractivity contribution in [3.63, 3.8) is 0 Å². The zero-order valence-electron chi connectivity index (χ0n) is 15.5. The molecule has 31 heavy (non-hydrogen) atoms. The second-order valence-electron chi connectivity index (χ2n) is 6.56. The molecule has 11 heteroatoms. The quantitative estimate of drug-likeness (QED) is 0.360. The first kappa shape index (κ1) is 20.9. The van der Waals surface area contributed by atoms with Crippen molar-refractivity contribution in [1.29, 1.82) is 0 Å². The third-order valence-electron chi connectivity index (χ3n) is 4.60. The molecule has 0 aliphatic rings. The second-order valence-corrected chi connectivity index (χ2v) is 9.29. The molecule has 0 aromatic heterocycles. The maximum Gasteiger partial charge on any atom is 0.161 e. The first-order valence-electron chi connectivity index (χ1n) is 8.67. The number of benzene rings is 4. The zero-order chi connectivity index (χ0) is 22.4. The SMILES string of the molecule is O=S(=O)([O-])c1ccc2c(N=Nc3cccc4ccccc34)c(O)c(S(=O)(=O)[O-])cc2c1. The van der Waals surface area contributed by atoms with Gasteiger partial charge in [0.05, 0.1) is 15.5 Å². The van der Waals surface area contributed by atoms with Gasteiger partial charge in [0.1, 0.15) is 25.9 Å². The Hall–Kier alpha value is -3.38. The Morgan fingerprint density at radius 2 is 1.42 bits per heavy atom. The maximum atomic E-state index is 11.6. The molecule has 0 spiro atoms. The predicted molar refractivity (Wildman–Crippen MR) is 110 cm³/mol. The Morgan fingerprint density at radius 3 is 2.13 bits per heavy atom. The van der Waals surface area contributed by atoms with Crippen LogP contribution in [0.5, 0.6) is 5.75 Å². The first-order valence-corrected chi connectivity index (χ1v) is 11.5. The summed E-state index contributed by atoms with van der Waals surface area (Å²) in [5, 5.41) is 20.1. The minimum absolute atomic E-state index is 0.0870. The van der Waals surface area contributed by atoms with Crippen LogP contribution in [-0.4, -0.2) is 31.0 Å². The van der Waals surface area contributed by atoms with Crippen LogP contribution in [0.2, 0.25) is 0 Å². The Morgan fingerprint density at radius 1 is 0.710 bits per heavy atom. The summed E-state index contributed by atoms with van der Waals surface area (Å²) in [6.45, 7) is 0. The minimum atomic E-state index is -5.14. The lowest BCUT2D eigenvalue weighted by atomic mass is 10.1. The topological polar surface area (TPSA) is 159 Å². The predicted octanol–water partition coefficient (Wildman–Crippen LogP) is 3.92.